The molecule has 0 fully saturated rings. The van der Waals surface area contributed by atoms with Crippen molar-refractivity contribution < 1.29 is 23.0 Å². The number of phenols is 1. The lowest BCUT2D eigenvalue weighted by molar-refractivity contribution is -0.274. The van der Waals surface area contributed by atoms with Gasteiger partial charge in [-0.25, -0.2) is 0 Å². The minimum Gasteiger partial charge on any atom is -0.507 e. The Bertz CT molecular complexity index is 1060. The number of halogens is 4. The van der Waals surface area contributed by atoms with E-state index in [0.717, 1.165) is 26.7 Å². The summed E-state index contributed by atoms with van der Waals surface area (Å²) < 4.78 is 42.5. The van der Waals surface area contributed by atoms with Gasteiger partial charge in [-0.15, -0.1) is 13.2 Å². The van der Waals surface area contributed by atoms with Gasteiger partial charge in [-0.1, -0.05) is 35.8 Å². The van der Waals surface area contributed by atoms with Crippen molar-refractivity contribution in [3.8, 4) is 22.6 Å². The monoisotopic (exact) mass is 422 g/mol. The first-order valence-electron chi connectivity index (χ1n) is 7.94. The molecule has 0 aliphatic heterocycles. The molecule has 0 aromatic heterocycles. The molecule has 1 N–H and O–H groups in total. The predicted octanol–water partition coefficient (Wildman–Crippen LogP) is 6.51. The Morgan fingerprint density at radius 1 is 0.962 bits per heavy atom. The standard InChI is InChI=1S/C20H14BrF3O2/c1-19(2)15-6-3-10(21)7-14(15)18-12-5-4-11(26-20(22,23)24)8-13(12)17(25)9-16(18)19/h3-9,25H,1-2H3. The summed E-state index contributed by atoms with van der Waals surface area (Å²) >= 11 is 3.48. The number of phenolic OH excluding ortho intramolecular Hbond substituents is 1. The molecule has 3 aromatic carbocycles. The quantitative estimate of drug-likeness (QED) is 0.484. The summed E-state index contributed by atoms with van der Waals surface area (Å²) in [6, 6.07) is 11.7. The van der Waals surface area contributed by atoms with E-state index < -0.39 is 6.36 Å². The summed E-state index contributed by atoms with van der Waals surface area (Å²) in [5.74, 6) is -0.418. The first kappa shape index (κ1) is 17.2. The second-order valence-electron chi connectivity index (χ2n) is 6.89. The summed E-state index contributed by atoms with van der Waals surface area (Å²) in [5.41, 5.74) is 3.67. The van der Waals surface area contributed by atoms with Crippen LogP contribution in [-0.2, 0) is 5.41 Å². The van der Waals surface area contributed by atoms with Crippen molar-refractivity contribution in [3.05, 3.63) is 58.1 Å². The Balaban J connectivity index is 2.02. The highest BCUT2D eigenvalue weighted by atomic mass is 79.9. The van der Waals surface area contributed by atoms with Gasteiger partial charge in [0.15, 0.2) is 0 Å². The molecule has 134 valence electrons. The Kier molecular flexibility index (Phi) is 3.57. The highest BCUT2D eigenvalue weighted by Crippen LogP contribution is 2.53. The lowest BCUT2D eigenvalue weighted by Crippen LogP contribution is -2.17. The largest absolute Gasteiger partial charge is 0.573 e. The van der Waals surface area contributed by atoms with Crippen molar-refractivity contribution >= 4 is 26.7 Å². The van der Waals surface area contributed by atoms with Crippen molar-refractivity contribution in [3.63, 3.8) is 0 Å². The first-order valence-corrected chi connectivity index (χ1v) is 8.73. The van der Waals surface area contributed by atoms with Crippen molar-refractivity contribution in [1.29, 1.82) is 0 Å². The van der Waals surface area contributed by atoms with Crippen molar-refractivity contribution in [2.24, 2.45) is 0 Å². The molecular formula is C20H14BrF3O2. The molecule has 0 bridgehead atoms. The summed E-state index contributed by atoms with van der Waals surface area (Å²) in [6.45, 7) is 4.13. The summed E-state index contributed by atoms with van der Waals surface area (Å²) in [6.07, 6.45) is -4.78. The summed E-state index contributed by atoms with van der Waals surface area (Å²) in [4.78, 5) is 0. The summed E-state index contributed by atoms with van der Waals surface area (Å²) in [7, 11) is 0. The van der Waals surface area contributed by atoms with Gasteiger partial charge in [-0.2, -0.15) is 0 Å². The molecule has 0 radical (unpaired) electrons. The maximum Gasteiger partial charge on any atom is 0.573 e. The Labute approximate surface area is 156 Å². The van der Waals surface area contributed by atoms with Crippen LogP contribution in [0, 0.1) is 0 Å². The average molecular weight is 423 g/mol. The van der Waals surface area contributed by atoms with E-state index in [0.29, 0.717) is 10.8 Å². The van der Waals surface area contributed by atoms with Crippen LogP contribution in [0.25, 0.3) is 21.9 Å². The van der Waals surface area contributed by atoms with Crippen LogP contribution in [0.5, 0.6) is 11.5 Å². The minimum atomic E-state index is -4.78. The van der Waals surface area contributed by atoms with Gasteiger partial charge < -0.3 is 9.84 Å². The number of hydrogen-bond donors (Lipinski definition) is 1. The van der Waals surface area contributed by atoms with E-state index in [1.807, 2.05) is 18.2 Å². The van der Waals surface area contributed by atoms with Crippen LogP contribution in [0.3, 0.4) is 0 Å². The molecular weight excluding hydrogens is 409 g/mol. The van der Waals surface area contributed by atoms with Crippen LogP contribution in [0.1, 0.15) is 25.0 Å². The molecule has 2 nitrogen and oxygen atoms in total. The molecule has 0 unspecified atom stereocenters. The third-order valence-corrected chi connectivity index (χ3v) is 5.41. The zero-order valence-electron chi connectivity index (χ0n) is 13.9. The maximum atomic E-state index is 12.5. The molecule has 6 heteroatoms. The topological polar surface area (TPSA) is 29.5 Å². The van der Waals surface area contributed by atoms with Crippen LogP contribution in [-0.4, -0.2) is 11.5 Å². The SMILES string of the molecule is CC1(C)c2ccc(Br)cc2-c2c1cc(O)c1cc(OC(F)(F)F)ccc21. The second-order valence-corrected chi connectivity index (χ2v) is 7.80. The molecule has 26 heavy (non-hydrogen) atoms. The van der Waals surface area contributed by atoms with E-state index in [4.69, 9.17) is 0 Å². The normalized spacial score (nSPS) is 15.0. The van der Waals surface area contributed by atoms with E-state index in [9.17, 15) is 18.3 Å². The molecule has 4 rings (SSSR count). The molecule has 0 atom stereocenters. The molecule has 1 aliphatic carbocycles. The molecule has 1 aliphatic rings. The zero-order chi connectivity index (χ0) is 18.9. The van der Waals surface area contributed by atoms with Gasteiger partial charge in [-0.3, -0.25) is 0 Å². The smallest absolute Gasteiger partial charge is 0.507 e. The van der Waals surface area contributed by atoms with Gasteiger partial charge >= 0.3 is 6.36 Å². The van der Waals surface area contributed by atoms with Crippen molar-refractivity contribution in [2.75, 3.05) is 0 Å². The third-order valence-electron chi connectivity index (χ3n) is 4.92. The van der Waals surface area contributed by atoms with E-state index in [1.165, 1.54) is 12.1 Å². The Hall–Kier alpha value is -2.21. The van der Waals surface area contributed by atoms with Gasteiger partial charge in [0, 0.05) is 15.3 Å². The lowest BCUT2D eigenvalue weighted by Gasteiger charge is -2.22. The Morgan fingerprint density at radius 2 is 1.69 bits per heavy atom. The molecule has 0 spiro atoms. The molecule has 0 saturated heterocycles. The number of hydrogen-bond acceptors (Lipinski definition) is 2. The number of fused-ring (bicyclic) bond motifs is 5. The fourth-order valence-electron chi connectivity index (χ4n) is 3.78. The lowest BCUT2D eigenvalue weighted by atomic mass is 9.82. The van der Waals surface area contributed by atoms with Crippen molar-refractivity contribution in [1.82, 2.24) is 0 Å². The fraction of sp³-hybridized carbons (Fsp3) is 0.200. The van der Waals surface area contributed by atoms with E-state index in [-0.39, 0.29) is 16.9 Å². The van der Waals surface area contributed by atoms with Crippen LogP contribution in [0.2, 0.25) is 0 Å². The number of alkyl halides is 3. The number of aromatic hydroxyl groups is 1. The second kappa shape index (κ2) is 5.39. The van der Waals surface area contributed by atoms with Gasteiger partial charge in [0.2, 0.25) is 0 Å². The van der Waals surface area contributed by atoms with Crippen LogP contribution >= 0.6 is 15.9 Å². The maximum absolute atomic E-state index is 12.5. The fourth-order valence-corrected chi connectivity index (χ4v) is 4.14. The van der Waals surface area contributed by atoms with E-state index in [1.54, 1.807) is 12.1 Å². The Morgan fingerprint density at radius 3 is 2.38 bits per heavy atom. The third kappa shape index (κ3) is 2.55. The molecule has 0 saturated carbocycles. The van der Waals surface area contributed by atoms with Crippen molar-refractivity contribution in [2.45, 2.75) is 25.6 Å². The average Bonchev–Trinajstić information content (AvgIpc) is 2.74. The predicted molar refractivity (Wildman–Crippen MR) is 97.6 cm³/mol. The first-order chi connectivity index (χ1) is 12.1. The van der Waals surface area contributed by atoms with Crippen LogP contribution in [0.4, 0.5) is 13.2 Å². The van der Waals surface area contributed by atoms with Gasteiger partial charge in [0.25, 0.3) is 0 Å². The van der Waals surface area contributed by atoms with Gasteiger partial charge in [-0.05, 0) is 64.0 Å². The number of benzene rings is 3. The van der Waals surface area contributed by atoms with Crippen LogP contribution < -0.4 is 4.74 Å². The van der Waals surface area contributed by atoms with E-state index >= 15 is 0 Å². The van der Waals surface area contributed by atoms with E-state index in [2.05, 4.69) is 34.5 Å². The molecule has 3 aromatic rings. The summed E-state index contributed by atoms with van der Waals surface area (Å²) in [5, 5.41) is 11.5. The minimum absolute atomic E-state index is 0.0636. The van der Waals surface area contributed by atoms with Gasteiger partial charge in [0.05, 0.1) is 0 Å². The van der Waals surface area contributed by atoms with Crippen LogP contribution in [0.15, 0.2) is 46.9 Å². The highest BCUT2D eigenvalue weighted by Gasteiger charge is 2.37. The molecule has 0 heterocycles. The van der Waals surface area contributed by atoms with Gasteiger partial charge in [0.1, 0.15) is 11.5 Å². The zero-order valence-corrected chi connectivity index (χ0v) is 15.5. The number of rotatable bonds is 1. The molecule has 0 amide bonds. The number of ether oxygens (including phenoxy) is 1. The highest BCUT2D eigenvalue weighted by molar-refractivity contribution is 9.10.